The van der Waals surface area contributed by atoms with E-state index in [0.717, 1.165) is 38.1 Å². The standard InChI is InChI=1S/C16H32N2O/c1-17-13-16(19)10-8-15(9-11-16)18(2)12-14-6-4-3-5-7-14/h14-15,17,19H,3-13H2,1-2H3. The number of likely N-dealkylation sites (N-methyl/N-ethyl adjacent to an activating group) is 1. The van der Waals surface area contributed by atoms with Gasteiger partial charge in [-0.1, -0.05) is 19.3 Å². The van der Waals surface area contributed by atoms with E-state index in [9.17, 15) is 5.11 Å². The molecule has 2 fully saturated rings. The van der Waals surface area contributed by atoms with Crippen molar-refractivity contribution in [2.45, 2.75) is 69.4 Å². The van der Waals surface area contributed by atoms with Gasteiger partial charge in [-0.05, 0) is 58.5 Å². The summed E-state index contributed by atoms with van der Waals surface area (Å²) in [5.74, 6) is 0.928. The maximum absolute atomic E-state index is 10.4. The molecule has 0 spiro atoms. The SMILES string of the molecule is CNCC1(O)CCC(N(C)CC2CCCCC2)CC1. The summed E-state index contributed by atoms with van der Waals surface area (Å²) in [5, 5.41) is 13.5. The molecule has 0 radical (unpaired) electrons. The maximum Gasteiger partial charge on any atom is 0.0772 e. The Morgan fingerprint density at radius 3 is 2.32 bits per heavy atom. The van der Waals surface area contributed by atoms with Crippen LogP contribution in [0.15, 0.2) is 0 Å². The van der Waals surface area contributed by atoms with Gasteiger partial charge in [-0.25, -0.2) is 0 Å². The predicted molar refractivity (Wildman–Crippen MR) is 80.3 cm³/mol. The van der Waals surface area contributed by atoms with Gasteiger partial charge in [0.15, 0.2) is 0 Å². The Kier molecular flexibility index (Phi) is 5.67. The van der Waals surface area contributed by atoms with Crippen molar-refractivity contribution >= 4 is 0 Å². The number of aliphatic hydroxyl groups is 1. The molecule has 112 valence electrons. The Morgan fingerprint density at radius 2 is 1.74 bits per heavy atom. The Hall–Kier alpha value is -0.120. The van der Waals surface area contributed by atoms with Crippen LogP contribution in [-0.4, -0.2) is 48.8 Å². The van der Waals surface area contributed by atoms with Gasteiger partial charge in [0, 0.05) is 19.1 Å². The van der Waals surface area contributed by atoms with Crippen LogP contribution in [0.3, 0.4) is 0 Å². The van der Waals surface area contributed by atoms with Gasteiger partial charge >= 0.3 is 0 Å². The fraction of sp³-hybridized carbons (Fsp3) is 1.00. The van der Waals surface area contributed by atoms with Gasteiger partial charge in [0.2, 0.25) is 0 Å². The first-order valence-corrected chi connectivity index (χ1v) is 8.20. The van der Waals surface area contributed by atoms with Gasteiger partial charge in [0.25, 0.3) is 0 Å². The summed E-state index contributed by atoms with van der Waals surface area (Å²) in [4.78, 5) is 2.58. The van der Waals surface area contributed by atoms with Crippen LogP contribution < -0.4 is 5.32 Å². The fourth-order valence-electron chi connectivity index (χ4n) is 4.01. The molecule has 0 saturated heterocycles. The first-order chi connectivity index (χ1) is 9.13. The number of nitrogens with zero attached hydrogens (tertiary/aromatic N) is 1. The van der Waals surface area contributed by atoms with Gasteiger partial charge in [-0.3, -0.25) is 0 Å². The third-order valence-corrected chi connectivity index (χ3v) is 5.29. The Morgan fingerprint density at radius 1 is 1.11 bits per heavy atom. The molecule has 0 heterocycles. The van der Waals surface area contributed by atoms with Crippen molar-refractivity contribution in [3.8, 4) is 0 Å². The third kappa shape index (κ3) is 4.44. The van der Waals surface area contributed by atoms with E-state index in [-0.39, 0.29) is 0 Å². The summed E-state index contributed by atoms with van der Waals surface area (Å²) in [7, 11) is 4.22. The summed E-state index contributed by atoms with van der Waals surface area (Å²) in [6.07, 6.45) is 11.4. The second-order valence-corrected chi connectivity index (χ2v) is 6.93. The zero-order valence-corrected chi connectivity index (χ0v) is 12.8. The second kappa shape index (κ2) is 7.05. The van der Waals surface area contributed by atoms with Crippen molar-refractivity contribution < 1.29 is 5.11 Å². The largest absolute Gasteiger partial charge is 0.389 e. The van der Waals surface area contributed by atoms with E-state index in [2.05, 4.69) is 17.3 Å². The topological polar surface area (TPSA) is 35.5 Å². The van der Waals surface area contributed by atoms with E-state index in [0.29, 0.717) is 6.04 Å². The molecule has 0 aromatic rings. The summed E-state index contributed by atoms with van der Waals surface area (Å²) < 4.78 is 0. The van der Waals surface area contributed by atoms with Crippen molar-refractivity contribution in [2.24, 2.45) is 5.92 Å². The first kappa shape index (κ1) is 15.3. The normalized spacial score (nSPS) is 33.8. The minimum atomic E-state index is -0.447. The van der Waals surface area contributed by atoms with Crippen LogP contribution in [0, 0.1) is 5.92 Å². The van der Waals surface area contributed by atoms with Crippen molar-refractivity contribution in [1.29, 1.82) is 0 Å². The lowest BCUT2D eigenvalue weighted by atomic mass is 9.81. The minimum Gasteiger partial charge on any atom is -0.389 e. The lowest BCUT2D eigenvalue weighted by Gasteiger charge is -2.40. The third-order valence-electron chi connectivity index (χ3n) is 5.29. The van der Waals surface area contributed by atoms with E-state index >= 15 is 0 Å². The molecule has 3 heteroatoms. The molecule has 2 aliphatic rings. The molecule has 0 aromatic carbocycles. The van der Waals surface area contributed by atoms with E-state index in [1.807, 2.05) is 7.05 Å². The minimum absolute atomic E-state index is 0.447. The average molecular weight is 268 g/mol. The lowest BCUT2D eigenvalue weighted by Crippen LogP contribution is -2.47. The zero-order valence-electron chi connectivity index (χ0n) is 12.8. The molecular formula is C16H32N2O. The summed E-state index contributed by atoms with van der Waals surface area (Å²) >= 11 is 0. The molecule has 2 rings (SSSR count). The average Bonchev–Trinajstić information content (AvgIpc) is 2.40. The van der Waals surface area contributed by atoms with E-state index < -0.39 is 5.60 Å². The summed E-state index contributed by atoms with van der Waals surface area (Å²) in [5.41, 5.74) is -0.447. The first-order valence-electron chi connectivity index (χ1n) is 8.20. The highest BCUT2D eigenvalue weighted by atomic mass is 16.3. The Bertz CT molecular complexity index is 255. The van der Waals surface area contributed by atoms with Crippen molar-refractivity contribution in [3.63, 3.8) is 0 Å². The molecule has 3 nitrogen and oxygen atoms in total. The molecule has 0 atom stereocenters. The molecule has 2 saturated carbocycles. The van der Waals surface area contributed by atoms with Crippen LogP contribution in [0.1, 0.15) is 57.8 Å². The highest BCUT2D eigenvalue weighted by molar-refractivity contribution is 4.90. The van der Waals surface area contributed by atoms with Crippen molar-refractivity contribution in [1.82, 2.24) is 10.2 Å². The van der Waals surface area contributed by atoms with E-state index in [1.165, 1.54) is 38.6 Å². The molecule has 0 aromatic heterocycles. The van der Waals surface area contributed by atoms with Gasteiger partial charge < -0.3 is 15.3 Å². The molecule has 0 unspecified atom stereocenters. The molecule has 19 heavy (non-hydrogen) atoms. The molecule has 0 bridgehead atoms. The molecular weight excluding hydrogens is 236 g/mol. The van der Waals surface area contributed by atoms with Crippen LogP contribution in [0.25, 0.3) is 0 Å². The van der Waals surface area contributed by atoms with Gasteiger partial charge in [0.1, 0.15) is 0 Å². The van der Waals surface area contributed by atoms with Crippen LogP contribution in [-0.2, 0) is 0 Å². The molecule has 2 N–H and O–H groups in total. The number of nitrogens with one attached hydrogen (secondary N) is 1. The van der Waals surface area contributed by atoms with Crippen LogP contribution in [0.5, 0.6) is 0 Å². The monoisotopic (exact) mass is 268 g/mol. The maximum atomic E-state index is 10.4. The van der Waals surface area contributed by atoms with Gasteiger partial charge in [-0.15, -0.1) is 0 Å². The quantitative estimate of drug-likeness (QED) is 0.803. The fourth-order valence-corrected chi connectivity index (χ4v) is 4.01. The number of hydrogen-bond acceptors (Lipinski definition) is 3. The van der Waals surface area contributed by atoms with Crippen molar-refractivity contribution in [2.75, 3.05) is 27.2 Å². The summed E-state index contributed by atoms with van der Waals surface area (Å²) in [6, 6.07) is 0.694. The number of hydrogen-bond donors (Lipinski definition) is 2. The van der Waals surface area contributed by atoms with E-state index in [1.54, 1.807) is 0 Å². The van der Waals surface area contributed by atoms with Gasteiger partial charge in [-0.2, -0.15) is 0 Å². The van der Waals surface area contributed by atoms with E-state index in [4.69, 9.17) is 0 Å². The highest BCUT2D eigenvalue weighted by Crippen LogP contribution is 2.31. The lowest BCUT2D eigenvalue weighted by molar-refractivity contribution is -0.0167. The number of rotatable bonds is 5. The van der Waals surface area contributed by atoms with Crippen LogP contribution >= 0.6 is 0 Å². The molecule has 0 amide bonds. The smallest absolute Gasteiger partial charge is 0.0772 e. The van der Waals surface area contributed by atoms with Crippen LogP contribution in [0.2, 0.25) is 0 Å². The van der Waals surface area contributed by atoms with Gasteiger partial charge in [0.05, 0.1) is 5.60 Å². The predicted octanol–water partition coefficient (Wildman–Crippen LogP) is 2.39. The Balaban J connectivity index is 1.73. The zero-order chi connectivity index (χ0) is 13.7. The second-order valence-electron chi connectivity index (χ2n) is 6.93. The molecule has 2 aliphatic carbocycles. The van der Waals surface area contributed by atoms with Crippen molar-refractivity contribution in [3.05, 3.63) is 0 Å². The van der Waals surface area contributed by atoms with Crippen LogP contribution in [0.4, 0.5) is 0 Å². The highest BCUT2D eigenvalue weighted by Gasteiger charge is 2.34. The molecule has 0 aliphatic heterocycles. The Labute approximate surface area is 118 Å². The summed E-state index contributed by atoms with van der Waals surface area (Å²) in [6.45, 7) is 2.02.